The number of carbonyl (C=O) groups excluding carboxylic acids is 1. The van der Waals surface area contributed by atoms with Crippen LogP contribution in [-0.2, 0) is 17.9 Å². The number of aromatic nitrogens is 3. The molecule has 0 saturated carbocycles. The molecule has 0 aliphatic carbocycles. The number of hydrogen-bond donors (Lipinski definition) is 1. The minimum absolute atomic E-state index is 0.0315. The van der Waals surface area contributed by atoms with Gasteiger partial charge >= 0.3 is 0 Å². The van der Waals surface area contributed by atoms with Gasteiger partial charge < -0.3 is 9.84 Å². The Labute approximate surface area is 170 Å². The molecule has 0 radical (unpaired) electrons. The summed E-state index contributed by atoms with van der Waals surface area (Å²) in [4.78, 5) is 23.6. The molecule has 1 fully saturated rings. The summed E-state index contributed by atoms with van der Waals surface area (Å²) in [5.41, 5.74) is 2.97. The first-order valence-electron chi connectivity index (χ1n) is 9.97. The van der Waals surface area contributed by atoms with Gasteiger partial charge in [-0.1, -0.05) is 28.9 Å². The van der Waals surface area contributed by atoms with Crippen molar-refractivity contribution in [1.29, 1.82) is 0 Å². The van der Waals surface area contributed by atoms with Gasteiger partial charge in [0.15, 0.2) is 5.82 Å². The highest BCUT2D eigenvalue weighted by Gasteiger charge is 2.26. The van der Waals surface area contributed by atoms with Gasteiger partial charge in [-0.2, -0.15) is 4.98 Å². The summed E-state index contributed by atoms with van der Waals surface area (Å²) in [7, 11) is 0. The fourth-order valence-corrected chi connectivity index (χ4v) is 3.57. The van der Waals surface area contributed by atoms with E-state index in [4.69, 9.17) is 4.52 Å². The lowest BCUT2D eigenvalue weighted by molar-refractivity contribution is -0.127. The predicted octanol–water partition coefficient (Wildman–Crippen LogP) is 2.97. The molecule has 2 aromatic heterocycles. The molecular formula is C22H25N5O2. The van der Waals surface area contributed by atoms with Gasteiger partial charge in [-0.25, -0.2) is 0 Å². The molecule has 1 aromatic carbocycles. The minimum Gasteiger partial charge on any atom is -0.350 e. The summed E-state index contributed by atoms with van der Waals surface area (Å²) in [6.07, 6.45) is 3.61. The maximum Gasteiger partial charge on any atom is 0.257 e. The first-order valence-corrected chi connectivity index (χ1v) is 9.97. The summed E-state index contributed by atoms with van der Waals surface area (Å²) in [5, 5.41) is 7.12. The number of pyridine rings is 1. The van der Waals surface area contributed by atoms with Crippen LogP contribution in [0.1, 0.15) is 29.9 Å². The molecule has 1 aliphatic rings. The normalized spacial score (nSPS) is 17.2. The van der Waals surface area contributed by atoms with Gasteiger partial charge in [0.2, 0.25) is 5.91 Å². The molecule has 3 heterocycles. The standard InChI is InChI=1S/C22H25N5O2/c1-16-7-9-17(10-8-16)22-25-20(26-29-22)15-27-12-4-5-18(14-27)21(28)24-13-19-6-2-3-11-23-19/h2-3,6-11,18H,4-5,12-15H2,1H3,(H,24,28)/t18-/m1/s1. The number of nitrogens with one attached hydrogen (secondary N) is 1. The van der Waals surface area contributed by atoms with E-state index in [1.54, 1.807) is 6.20 Å². The molecule has 0 bridgehead atoms. The molecule has 1 aliphatic heterocycles. The van der Waals surface area contributed by atoms with Crippen molar-refractivity contribution in [3.63, 3.8) is 0 Å². The Kier molecular flexibility index (Phi) is 5.95. The molecular weight excluding hydrogens is 366 g/mol. The average Bonchev–Trinajstić information content (AvgIpc) is 3.22. The van der Waals surface area contributed by atoms with Gasteiger partial charge in [0.25, 0.3) is 5.89 Å². The lowest BCUT2D eigenvalue weighted by atomic mass is 9.97. The van der Waals surface area contributed by atoms with E-state index in [1.807, 2.05) is 49.4 Å². The summed E-state index contributed by atoms with van der Waals surface area (Å²) < 4.78 is 5.42. The second-order valence-electron chi connectivity index (χ2n) is 7.49. The first kappa shape index (κ1) is 19.3. The lowest BCUT2D eigenvalue weighted by Gasteiger charge is -2.31. The van der Waals surface area contributed by atoms with Crippen LogP contribution in [0.5, 0.6) is 0 Å². The van der Waals surface area contributed by atoms with Crippen LogP contribution in [0.4, 0.5) is 0 Å². The maximum absolute atomic E-state index is 12.6. The fraction of sp³-hybridized carbons (Fsp3) is 0.364. The minimum atomic E-state index is -0.0315. The topological polar surface area (TPSA) is 84.2 Å². The first-order chi connectivity index (χ1) is 14.2. The summed E-state index contributed by atoms with van der Waals surface area (Å²) >= 11 is 0. The van der Waals surface area contributed by atoms with E-state index in [0.717, 1.165) is 30.6 Å². The molecule has 0 unspecified atom stereocenters. The zero-order valence-electron chi connectivity index (χ0n) is 16.5. The van der Waals surface area contributed by atoms with E-state index in [1.165, 1.54) is 5.56 Å². The van der Waals surface area contributed by atoms with Gasteiger partial charge in [-0.3, -0.25) is 14.7 Å². The van der Waals surface area contributed by atoms with Crippen LogP contribution in [0.15, 0.2) is 53.2 Å². The van der Waals surface area contributed by atoms with Crippen molar-refractivity contribution in [2.45, 2.75) is 32.9 Å². The third kappa shape index (κ3) is 5.06. The largest absolute Gasteiger partial charge is 0.350 e. The van der Waals surface area contributed by atoms with Crippen LogP contribution in [0, 0.1) is 12.8 Å². The second-order valence-corrected chi connectivity index (χ2v) is 7.49. The van der Waals surface area contributed by atoms with Crippen molar-refractivity contribution in [3.8, 4) is 11.5 Å². The quantitative estimate of drug-likeness (QED) is 0.695. The summed E-state index contributed by atoms with van der Waals surface area (Å²) in [6.45, 7) is 4.71. The van der Waals surface area contributed by atoms with Crippen LogP contribution >= 0.6 is 0 Å². The second kappa shape index (κ2) is 8.96. The molecule has 150 valence electrons. The molecule has 29 heavy (non-hydrogen) atoms. The Bertz CT molecular complexity index is 939. The number of piperidine rings is 1. The van der Waals surface area contributed by atoms with Crippen molar-refractivity contribution < 1.29 is 9.32 Å². The third-order valence-electron chi connectivity index (χ3n) is 5.18. The van der Waals surface area contributed by atoms with Crippen molar-refractivity contribution in [3.05, 3.63) is 65.7 Å². The van der Waals surface area contributed by atoms with Gasteiger partial charge in [0, 0.05) is 18.3 Å². The van der Waals surface area contributed by atoms with Crippen molar-refractivity contribution in [1.82, 2.24) is 25.3 Å². The van der Waals surface area contributed by atoms with Gasteiger partial charge in [-0.05, 0) is 50.6 Å². The maximum atomic E-state index is 12.6. The Hall–Kier alpha value is -3.06. The molecule has 3 aromatic rings. The SMILES string of the molecule is Cc1ccc(-c2nc(CN3CCC[C@@H](C(=O)NCc4ccccn4)C3)no2)cc1. The van der Waals surface area contributed by atoms with E-state index in [-0.39, 0.29) is 11.8 Å². The van der Waals surface area contributed by atoms with Crippen LogP contribution < -0.4 is 5.32 Å². The summed E-state index contributed by atoms with van der Waals surface area (Å²) in [5.74, 6) is 1.22. The Morgan fingerprint density at radius 3 is 2.90 bits per heavy atom. The number of carbonyl (C=O) groups is 1. The molecule has 0 spiro atoms. The number of aryl methyl sites for hydroxylation is 1. The Balaban J connectivity index is 1.32. The molecule has 7 nitrogen and oxygen atoms in total. The van der Waals surface area contributed by atoms with E-state index in [0.29, 0.717) is 31.3 Å². The number of nitrogens with zero attached hydrogens (tertiary/aromatic N) is 4. The molecule has 1 N–H and O–H groups in total. The average molecular weight is 391 g/mol. The number of rotatable bonds is 6. The monoisotopic (exact) mass is 391 g/mol. The van der Waals surface area contributed by atoms with Gasteiger partial charge in [0.1, 0.15) is 0 Å². The molecule has 4 rings (SSSR count). The third-order valence-corrected chi connectivity index (χ3v) is 5.18. The zero-order valence-corrected chi connectivity index (χ0v) is 16.5. The van der Waals surface area contributed by atoms with Crippen molar-refractivity contribution >= 4 is 5.91 Å². The smallest absolute Gasteiger partial charge is 0.257 e. The van der Waals surface area contributed by atoms with E-state index >= 15 is 0 Å². The highest BCUT2D eigenvalue weighted by molar-refractivity contribution is 5.78. The highest BCUT2D eigenvalue weighted by Crippen LogP contribution is 2.21. The van der Waals surface area contributed by atoms with Crippen molar-refractivity contribution in [2.24, 2.45) is 5.92 Å². The molecule has 7 heteroatoms. The molecule has 1 saturated heterocycles. The molecule has 1 amide bonds. The number of amides is 1. The fourth-order valence-electron chi connectivity index (χ4n) is 3.57. The van der Waals surface area contributed by atoms with Gasteiger partial charge in [0.05, 0.1) is 24.7 Å². The summed E-state index contributed by atoms with van der Waals surface area (Å²) in [6, 6.07) is 13.7. The predicted molar refractivity (Wildman–Crippen MR) is 109 cm³/mol. The Morgan fingerprint density at radius 1 is 1.24 bits per heavy atom. The van der Waals surface area contributed by atoms with E-state index in [9.17, 15) is 4.79 Å². The van der Waals surface area contributed by atoms with Crippen LogP contribution in [0.25, 0.3) is 11.5 Å². The lowest BCUT2D eigenvalue weighted by Crippen LogP contribution is -2.42. The van der Waals surface area contributed by atoms with Crippen LogP contribution in [-0.4, -0.2) is 39.0 Å². The number of hydrogen-bond acceptors (Lipinski definition) is 6. The van der Waals surface area contributed by atoms with E-state index in [2.05, 4.69) is 25.3 Å². The Morgan fingerprint density at radius 2 is 2.10 bits per heavy atom. The van der Waals surface area contributed by atoms with Crippen LogP contribution in [0.2, 0.25) is 0 Å². The van der Waals surface area contributed by atoms with E-state index < -0.39 is 0 Å². The van der Waals surface area contributed by atoms with Crippen molar-refractivity contribution in [2.75, 3.05) is 13.1 Å². The molecule has 1 atom stereocenters. The van der Waals surface area contributed by atoms with Crippen LogP contribution in [0.3, 0.4) is 0 Å². The zero-order chi connectivity index (χ0) is 20.1. The van der Waals surface area contributed by atoms with Gasteiger partial charge in [-0.15, -0.1) is 0 Å². The number of benzene rings is 1. The number of likely N-dealkylation sites (tertiary alicyclic amines) is 1. The highest BCUT2D eigenvalue weighted by atomic mass is 16.5.